The molecule has 1 aromatic heterocycles. The van der Waals surface area contributed by atoms with Crippen LogP contribution in [0.3, 0.4) is 0 Å². The molecule has 0 aliphatic carbocycles. The van der Waals surface area contributed by atoms with E-state index in [9.17, 15) is 8.42 Å². The van der Waals surface area contributed by atoms with E-state index in [1.807, 2.05) is 55.5 Å². The number of para-hydroxylation sites is 1. The average molecular weight is 433 g/mol. The summed E-state index contributed by atoms with van der Waals surface area (Å²) >= 11 is 0. The monoisotopic (exact) mass is 432 g/mol. The van der Waals surface area contributed by atoms with Crippen LogP contribution in [0.4, 0.5) is 0 Å². The van der Waals surface area contributed by atoms with Crippen molar-refractivity contribution >= 4 is 20.9 Å². The molecule has 0 fully saturated rings. The van der Waals surface area contributed by atoms with E-state index >= 15 is 0 Å². The predicted molar refractivity (Wildman–Crippen MR) is 123 cm³/mol. The summed E-state index contributed by atoms with van der Waals surface area (Å²) in [5.74, 6) is 0.796. The number of sulfonamides is 1. The molecule has 0 radical (unpaired) electrons. The summed E-state index contributed by atoms with van der Waals surface area (Å²) in [6.07, 6.45) is 0. The molecular formula is C25H24N2O3S. The lowest BCUT2D eigenvalue weighted by atomic mass is 10.0. The van der Waals surface area contributed by atoms with E-state index in [0.29, 0.717) is 24.5 Å². The van der Waals surface area contributed by atoms with Crippen LogP contribution in [0.15, 0.2) is 77.7 Å². The quantitative estimate of drug-likeness (QED) is 0.464. The Kier molecular flexibility index (Phi) is 4.84. The van der Waals surface area contributed by atoms with Crippen LogP contribution in [0.1, 0.15) is 11.3 Å². The van der Waals surface area contributed by atoms with Crippen molar-refractivity contribution in [2.24, 2.45) is 0 Å². The average Bonchev–Trinajstić information content (AvgIpc) is 3.13. The molecule has 0 bridgehead atoms. The minimum absolute atomic E-state index is 0.340. The fourth-order valence-electron chi connectivity index (χ4n) is 4.38. The largest absolute Gasteiger partial charge is 0.497 e. The van der Waals surface area contributed by atoms with Crippen LogP contribution in [0.2, 0.25) is 0 Å². The third-order valence-electron chi connectivity index (χ3n) is 6.02. The first-order chi connectivity index (χ1) is 15.0. The zero-order valence-corrected chi connectivity index (χ0v) is 18.4. The zero-order valence-electron chi connectivity index (χ0n) is 17.6. The molecule has 0 spiro atoms. The molecule has 158 valence electrons. The summed E-state index contributed by atoms with van der Waals surface area (Å²) in [7, 11) is -1.92. The third kappa shape index (κ3) is 3.32. The van der Waals surface area contributed by atoms with Crippen molar-refractivity contribution < 1.29 is 13.2 Å². The molecule has 3 aromatic carbocycles. The summed E-state index contributed by atoms with van der Waals surface area (Å²) in [6, 6.07) is 23.3. The summed E-state index contributed by atoms with van der Waals surface area (Å²) < 4.78 is 35.9. The standard InChI is InChI=1S/C25H24N2O3S/c1-18-7-13-21(14-8-18)31(28,29)26-15-16-27-23-6-4-3-5-22(23)25(24(27)17-26)19-9-11-20(30-2)12-10-19/h3-14H,15-17H2,1-2H3. The van der Waals surface area contributed by atoms with Crippen LogP contribution in [0, 0.1) is 6.92 Å². The number of rotatable bonds is 4. The highest BCUT2D eigenvalue weighted by Crippen LogP contribution is 2.38. The number of aromatic nitrogens is 1. The Morgan fingerprint density at radius 3 is 2.29 bits per heavy atom. The van der Waals surface area contributed by atoms with E-state index in [-0.39, 0.29) is 0 Å². The third-order valence-corrected chi connectivity index (χ3v) is 7.87. The molecule has 1 aliphatic rings. The van der Waals surface area contributed by atoms with Crippen molar-refractivity contribution in [2.45, 2.75) is 24.9 Å². The maximum Gasteiger partial charge on any atom is 0.243 e. The molecule has 4 aromatic rings. The van der Waals surface area contributed by atoms with E-state index in [2.05, 4.69) is 16.7 Å². The highest BCUT2D eigenvalue weighted by molar-refractivity contribution is 7.89. The molecule has 0 saturated heterocycles. The fraction of sp³-hybridized carbons (Fsp3) is 0.200. The molecule has 0 unspecified atom stereocenters. The topological polar surface area (TPSA) is 51.5 Å². The van der Waals surface area contributed by atoms with E-state index in [4.69, 9.17) is 4.74 Å². The lowest BCUT2D eigenvalue weighted by Crippen LogP contribution is -2.38. The first kappa shape index (κ1) is 19.8. The lowest BCUT2D eigenvalue weighted by molar-refractivity contribution is 0.346. The van der Waals surface area contributed by atoms with E-state index < -0.39 is 10.0 Å². The number of ether oxygens (including phenoxy) is 1. The SMILES string of the molecule is COc1ccc(-c2c3n(c4ccccc24)CCN(S(=O)(=O)c2ccc(C)cc2)C3)cc1. The highest BCUT2D eigenvalue weighted by Gasteiger charge is 2.31. The van der Waals surface area contributed by atoms with Crippen LogP contribution >= 0.6 is 0 Å². The van der Waals surface area contributed by atoms with E-state index in [1.165, 1.54) is 0 Å². The van der Waals surface area contributed by atoms with Crippen LogP contribution in [-0.2, 0) is 23.1 Å². The van der Waals surface area contributed by atoms with Gasteiger partial charge in [-0.25, -0.2) is 8.42 Å². The smallest absolute Gasteiger partial charge is 0.243 e. The van der Waals surface area contributed by atoms with Gasteiger partial charge in [0.25, 0.3) is 0 Å². The molecule has 0 saturated carbocycles. The molecule has 2 heterocycles. The Morgan fingerprint density at radius 1 is 0.871 bits per heavy atom. The molecular weight excluding hydrogens is 408 g/mol. The minimum Gasteiger partial charge on any atom is -0.497 e. The van der Waals surface area contributed by atoms with E-state index in [0.717, 1.165) is 39.0 Å². The molecule has 5 nitrogen and oxygen atoms in total. The number of methoxy groups -OCH3 is 1. The van der Waals surface area contributed by atoms with Gasteiger partial charge >= 0.3 is 0 Å². The molecule has 1 aliphatic heterocycles. The predicted octanol–water partition coefficient (Wildman–Crippen LogP) is 4.83. The van der Waals surface area contributed by atoms with Gasteiger partial charge in [0, 0.05) is 35.2 Å². The molecule has 5 rings (SSSR count). The van der Waals surface area contributed by atoms with Gasteiger partial charge in [-0.1, -0.05) is 48.0 Å². The second kappa shape index (κ2) is 7.55. The summed E-state index contributed by atoms with van der Waals surface area (Å²) in [5, 5.41) is 1.14. The van der Waals surface area contributed by atoms with Gasteiger partial charge in [-0.15, -0.1) is 0 Å². The highest BCUT2D eigenvalue weighted by atomic mass is 32.2. The normalized spacial score (nSPS) is 14.5. The van der Waals surface area contributed by atoms with Crippen molar-refractivity contribution in [3.05, 3.63) is 84.1 Å². The Morgan fingerprint density at radius 2 is 1.58 bits per heavy atom. The Labute approximate surface area is 182 Å². The van der Waals surface area contributed by atoms with Gasteiger partial charge in [0.05, 0.1) is 18.6 Å². The van der Waals surface area contributed by atoms with Crippen molar-refractivity contribution in [2.75, 3.05) is 13.7 Å². The summed E-state index contributed by atoms with van der Waals surface area (Å²) in [5.41, 5.74) is 5.34. The summed E-state index contributed by atoms with van der Waals surface area (Å²) in [4.78, 5) is 0.341. The molecule has 6 heteroatoms. The maximum atomic E-state index is 13.4. The Balaban J connectivity index is 1.63. The van der Waals surface area contributed by atoms with Crippen molar-refractivity contribution in [3.63, 3.8) is 0 Å². The van der Waals surface area contributed by atoms with Crippen molar-refractivity contribution in [3.8, 4) is 16.9 Å². The van der Waals surface area contributed by atoms with Gasteiger partial charge < -0.3 is 9.30 Å². The van der Waals surface area contributed by atoms with Crippen molar-refractivity contribution in [1.29, 1.82) is 0 Å². The number of hydrogen-bond donors (Lipinski definition) is 0. The number of aryl methyl sites for hydroxylation is 1. The number of fused-ring (bicyclic) bond motifs is 3. The number of nitrogens with zero attached hydrogens (tertiary/aromatic N) is 2. The minimum atomic E-state index is -3.57. The first-order valence-corrected chi connectivity index (χ1v) is 11.7. The van der Waals surface area contributed by atoms with Gasteiger partial charge in [-0.05, 0) is 42.8 Å². The molecule has 0 N–H and O–H groups in total. The molecule has 0 atom stereocenters. The van der Waals surface area contributed by atoms with Gasteiger partial charge in [0.1, 0.15) is 5.75 Å². The number of hydrogen-bond acceptors (Lipinski definition) is 3. The van der Waals surface area contributed by atoms with Gasteiger partial charge in [0.2, 0.25) is 10.0 Å². The van der Waals surface area contributed by atoms with Gasteiger partial charge in [-0.2, -0.15) is 4.31 Å². The Hall–Kier alpha value is -3.09. The zero-order chi connectivity index (χ0) is 21.6. The molecule has 0 amide bonds. The van der Waals surface area contributed by atoms with E-state index in [1.54, 1.807) is 23.5 Å². The lowest BCUT2D eigenvalue weighted by Gasteiger charge is -2.29. The first-order valence-electron chi connectivity index (χ1n) is 10.3. The Bertz CT molecular complexity index is 1350. The summed E-state index contributed by atoms with van der Waals surface area (Å²) in [6.45, 7) is 3.37. The van der Waals surface area contributed by atoms with Crippen LogP contribution in [0.5, 0.6) is 5.75 Å². The van der Waals surface area contributed by atoms with Crippen LogP contribution < -0.4 is 4.74 Å². The fourth-order valence-corrected chi connectivity index (χ4v) is 5.77. The number of benzene rings is 3. The van der Waals surface area contributed by atoms with Gasteiger partial charge in [0.15, 0.2) is 0 Å². The van der Waals surface area contributed by atoms with Crippen LogP contribution in [0.25, 0.3) is 22.0 Å². The second-order valence-electron chi connectivity index (χ2n) is 7.87. The van der Waals surface area contributed by atoms with Gasteiger partial charge in [-0.3, -0.25) is 0 Å². The molecule has 31 heavy (non-hydrogen) atoms. The van der Waals surface area contributed by atoms with Crippen LogP contribution in [-0.4, -0.2) is 30.9 Å². The maximum absolute atomic E-state index is 13.4. The van der Waals surface area contributed by atoms with Crippen molar-refractivity contribution in [1.82, 2.24) is 8.87 Å². The second-order valence-corrected chi connectivity index (χ2v) is 9.81.